The van der Waals surface area contributed by atoms with E-state index >= 15 is 0 Å². The zero-order valence-electron chi connectivity index (χ0n) is 12.5. The van der Waals surface area contributed by atoms with Gasteiger partial charge in [0.2, 0.25) is 0 Å². The van der Waals surface area contributed by atoms with E-state index < -0.39 is 10.2 Å². The van der Waals surface area contributed by atoms with Gasteiger partial charge in [0.1, 0.15) is 14.1 Å². The van der Waals surface area contributed by atoms with E-state index in [0.717, 1.165) is 0 Å². The fourth-order valence-corrected chi connectivity index (χ4v) is 0.772. The Morgan fingerprint density at radius 2 is 1.30 bits per heavy atom. The highest BCUT2D eigenvalue weighted by Gasteiger charge is 1.93. The monoisotopic (exact) mass is 306 g/mol. The molecule has 7 heteroatoms. The van der Waals surface area contributed by atoms with Crippen LogP contribution in [0.2, 0.25) is 0 Å². The standard InChI is InChI=1S/C13H23N2.ClHO4/c1-13(2)15(5)12-10-8-6-7-9-11-14(3)4;2-1(3,4)5/h6-13H,1-5H3;(H,2,3,4,5)/q+1;/p-1. The van der Waals surface area contributed by atoms with E-state index in [1.54, 1.807) is 0 Å². The molecular formula is C13H23ClN2O4. The molecule has 0 radical (unpaired) electrons. The Hall–Kier alpha value is -1.18. The van der Waals surface area contributed by atoms with Gasteiger partial charge in [-0.2, -0.15) is 0 Å². The maximum absolute atomic E-state index is 8.49. The van der Waals surface area contributed by atoms with Crippen molar-refractivity contribution in [2.75, 3.05) is 21.1 Å². The van der Waals surface area contributed by atoms with Crippen molar-refractivity contribution in [2.45, 2.75) is 19.9 Å². The van der Waals surface area contributed by atoms with Gasteiger partial charge in [0.25, 0.3) is 0 Å². The number of nitrogens with zero attached hydrogens (tertiary/aromatic N) is 2. The predicted octanol–water partition coefficient (Wildman–Crippen LogP) is -2.46. The number of hydrogen-bond donors (Lipinski definition) is 0. The van der Waals surface area contributed by atoms with Crippen LogP contribution in [-0.4, -0.2) is 42.9 Å². The van der Waals surface area contributed by atoms with Gasteiger partial charge < -0.3 is 4.90 Å². The Labute approximate surface area is 123 Å². The smallest absolute Gasteiger partial charge is 0.162 e. The van der Waals surface area contributed by atoms with Crippen LogP contribution in [0.15, 0.2) is 36.6 Å². The van der Waals surface area contributed by atoms with E-state index in [1.807, 2.05) is 55.3 Å². The van der Waals surface area contributed by atoms with Crippen molar-refractivity contribution in [1.29, 1.82) is 0 Å². The highest BCUT2D eigenvalue weighted by molar-refractivity contribution is 5.66. The summed E-state index contributed by atoms with van der Waals surface area (Å²) in [6.07, 6.45) is 14.2. The quantitative estimate of drug-likeness (QED) is 0.319. The Balaban J connectivity index is 0. The Morgan fingerprint density at radius 1 is 0.900 bits per heavy atom. The molecule has 0 fully saturated rings. The summed E-state index contributed by atoms with van der Waals surface area (Å²) in [6.45, 7) is 4.33. The second-order valence-corrected chi connectivity index (χ2v) is 5.12. The SMILES string of the molecule is CC(C)N(C)/C=C/C=C/C=C/C=[N+](C)C.[O-][Cl+3]([O-])([O-])[O-]. The van der Waals surface area contributed by atoms with Crippen LogP contribution in [0, 0.1) is 10.2 Å². The van der Waals surface area contributed by atoms with Crippen LogP contribution in [0.25, 0.3) is 0 Å². The van der Waals surface area contributed by atoms with E-state index in [-0.39, 0.29) is 0 Å². The van der Waals surface area contributed by atoms with Crippen molar-refractivity contribution in [3.05, 3.63) is 36.6 Å². The van der Waals surface area contributed by atoms with Gasteiger partial charge in [-0.05, 0) is 26.1 Å². The van der Waals surface area contributed by atoms with Crippen LogP contribution in [0.5, 0.6) is 0 Å². The minimum atomic E-state index is -4.94. The van der Waals surface area contributed by atoms with Gasteiger partial charge in [-0.1, -0.05) is 18.2 Å². The Bertz CT molecular complexity index is 348. The molecule has 0 aliphatic rings. The molecule has 0 amide bonds. The summed E-state index contributed by atoms with van der Waals surface area (Å²) < 4.78 is 36.0. The second kappa shape index (κ2) is 11.6. The minimum Gasteiger partial charge on any atom is -0.378 e. The molecule has 0 aliphatic carbocycles. The maximum atomic E-state index is 8.49. The van der Waals surface area contributed by atoms with Crippen LogP contribution in [-0.2, 0) is 0 Å². The number of allylic oxidation sites excluding steroid dienone is 5. The largest absolute Gasteiger partial charge is 0.378 e. The molecule has 0 heterocycles. The summed E-state index contributed by atoms with van der Waals surface area (Å²) in [6, 6.07) is 0.548. The third-order valence-corrected chi connectivity index (χ3v) is 1.96. The zero-order valence-corrected chi connectivity index (χ0v) is 13.3. The zero-order chi connectivity index (χ0) is 16.2. The average Bonchev–Trinajstić information content (AvgIpc) is 2.24. The summed E-state index contributed by atoms with van der Waals surface area (Å²) in [5, 5.41) is 0. The normalized spacial score (nSPS) is 12.1. The predicted molar refractivity (Wildman–Crippen MR) is 68.5 cm³/mol. The van der Waals surface area contributed by atoms with Gasteiger partial charge >= 0.3 is 0 Å². The van der Waals surface area contributed by atoms with Gasteiger partial charge in [0.15, 0.2) is 6.21 Å². The molecule has 6 nitrogen and oxygen atoms in total. The summed E-state index contributed by atoms with van der Waals surface area (Å²) in [5.74, 6) is 0. The number of hydrogen-bond acceptors (Lipinski definition) is 5. The Morgan fingerprint density at radius 3 is 1.70 bits per heavy atom. The molecule has 0 N–H and O–H groups in total. The van der Waals surface area contributed by atoms with Crippen LogP contribution in [0.1, 0.15) is 13.8 Å². The molecule has 20 heavy (non-hydrogen) atoms. The summed E-state index contributed by atoms with van der Waals surface area (Å²) >= 11 is 0. The van der Waals surface area contributed by atoms with Crippen molar-refractivity contribution in [3.63, 3.8) is 0 Å². The van der Waals surface area contributed by atoms with Gasteiger partial charge in [-0.3, -0.25) is 0 Å². The third-order valence-electron chi connectivity index (χ3n) is 1.96. The van der Waals surface area contributed by atoms with Crippen LogP contribution in [0.3, 0.4) is 0 Å². The van der Waals surface area contributed by atoms with E-state index in [4.69, 9.17) is 18.6 Å². The molecule has 0 aliphatic heterocycles. The molecule has 0 atom stereocenters. The lowest BCUT2D eigenvalue weighted by molar-refractivity contribution is -2.00. The van der Waals surface area contributed by atoms with E-state index in [0.29, 0.717) is 6.04 Å². The van der Waals surface area contributed by atoms with Crippen molar-refractivity contribution in [1.82, 2.24) is 4.90 Å². The van der Waals surface area contributed by atoms with Crippen LogP contribution < -0.4 is 18.6 Å². The summed E-state index contributed by atoms with van der Waals surface area (Å²) in [7, 11) is 1.14. The van der Waals surface area contributed by atoms with Gasteiger partial charge in [-0.25, -0.2) is 23.2 Å². The van der Waals surface area contributed by atoms with E-state index in [9.17, 15) is 0 Å². The molecule has 0 saturated heterocycles. The fraction of sp³-hybridized carbons (Fsp3) is 0.462. The van der Waals surface area contributed by atoms with Crippen LogP contribution >= 0.6 is 0 Å². The van der Waals surface area contributed by atoms with E-state index in [2.05, 4.69) is 32.0 Å². The van der Waals surface area contributed by atoms with Crippen LogP contribution in [0.4, 0.5) is 0 Å². The molecule has 116 valence electrons. The molecule has 0 saturated carbocycles. The first-order valence-corrected chi connectivity index (χ1v) is 7.12. The first-order valence-electron chi connectivity index (χ1n) is 5.89. The number of rotatable bonds is 5. The van der Waals surface area contributed by atoms with Crippen molar-refractivity contribution in [2.24, 2.45) is 0 Å². The topological polar surface area (TPSA) is 98.5 Å². The van der Waals surface area contributed by atoms with Crippen molar-refractivity contribution >= 4 is 6.21 Å². The first kappa shape index (κ1) is 21.1. The molecule has 0 aromatic carbocycles. The Kier molecular flexibility index (Phi) is 12.3. The number of halogens is 1. The summed E-state index contributed by atoms with van der Waals surface area (Å²) in [5.41, 5.74) is 0. The fourth-order valence-electron chi connectivity index (χ4n) is 0.772. The first-order chi connectivity index (χ1) is 9.04. The lowest BCUT2D eigenvalue weighted by Gasteiger charge is -2.17. The van der Waals surface area contributed by atoms with Crippen molar-refractivity contribution in [3.8, 4) is 0 Å². The molecule has 0 aromatic heterocycles. The van der Waals surface area contributed by atoms with Gasteiger partial charge in [0, 0.05) is 19.2 Å². The lowest BCUT2D eigenvalue weighted by Crippen LogP contribution is -2.68. The molecule has 0 aromatic rings. The summed E-state index contributed by atoms with van der Waals surface area (Å²) in [4.78, 5) is 2.17. The van der Waals surface area contributed by atoms with Crippen molar-refractivity contribution < 1.29 is 33.5 Å². The second-order valence-electron chi connectivity index (χ2n) is 4.36. The molecule has 0 spiro atoms. The molecular weight excluding hydrogens is 284 g/mol. The van der Waals surface area contributed by atoms with E-state index in [1.165, 1.54) is 0 Å². The third kappa shape index (κ3) is 25.6. The highest BCUT2D eigenvalue weighted by atomic mass is 35.7. The maximum Gasteiger partial charge on any atom is 0.162 e. The van der Waals surface area contributed by atoms with Gasteiger partial charge in [-0.15, -0.1) is 10.2 Å². The molecule has 0 unspecified atom stereocenters. The lowest BCUT2D eigenvalue weighted by atomic mass is 10.3. The van der Waals surface area contributed by atoms with Gasteiger partial charge in [0.05, 0.1) is 0 Å². The highest BCUT2D eigenvalue weighted by Crippen LogP contribution is 1.93. The molecule has 0 bridgehead atoms. The molecule has 0 rings (SSSR count). The average molecular weight is 307 g/mol. The minimum absolute atomic E-state index is 0.548.